The zero-order valence-corrected chi connectivity index (χ0v) is 23.7. The van der Waals surface area contributed by atoms with Gasteiger partial charge >= 0.3 is 0 Å². The molecule has 1 aliphatic heterocycles. The van der Waals surface area contributed by atoms with Gasteiger partial charge in [-0.1, -0.05) is 24.6 Å². The number of nitro benzene ring substituents is 1. The number of nitrogens with zero attached hydrogens (tertiary/aromatic N) is 4. The van der Waals surface area contributed by atoms with Crippen LogP contribution in [0.4, 0.5) is 11.4 Å². The molecule has 2 heterocycles. The zero-order valence-electron chi connectivity index (χ0n) is 21.3. The van der Waals surface area contributed by atoms with Crippen molar-refractivity contribution >= 4 is 43.0 Å². The van der Waals surface area contributed by atoms with Crippen molar-refractivity contribution in [2.24, 2.45) is 0 Å². The van der Waals surface area contributed by atoms with Crippen LogP contribution in [0.3, 0.4) is 0 Å². The van der Waals surface area contributed by atoms with Gasteiger partial charge in [0.1, 0.15) is 5.69 Å². The molecule has 0 saturated carbocycles. The van der Waals surface area contributed by atoms with E-state index in [1.54, 1.807) is 28.6 Å². The number of nitrogens with one attached hydrogen (secondary N) is 1. The summed E-state index contributed by atoms with van der Waals surface area (Å²) in [5.41, 5.74) is 0.534. The van der Waals surface area contributed by atoms with E-state index in [1.807, 2.05) is 0 Å². The van der Waals surface area contributed by atoms with Crippen LogP contribution in [0.2, 0.25) is 0 Å². The maximum absolute atomic E-state index is 13.0. The lowest BCUT2D eigenvalue weighted by molar-refractivity contribution is -0.384. The molecule has 1 aliphatic rings. The van der Waals surface area contributed by atoms with Gasteiger partial charge < -0.3 is 9.73 Å². The second-order valence-corrected chi connectivity index (χ2v) is 14.1. The first kappa shape index (κ1) is 29.0. The van der Waals surface area contributed by atoms with E-state index in [0.717, 1.165) is 38.0 Å². The highest BCUT2D eigenvalue weighted by Crippen LogP contribution is 2.29. The Morgan fingerprint density at radius 2 is 1.67 bits per heavy atom. The summed E-state index contributed by atoms with van der Waals surface area (Å²) in [7, 11) is -7.10. The topological polar surface area (TPSA) is 166 Å². The molecule has 2 aromatic carbocycles. The molecule has 0 bridgehead atoms. The van der Waals surface area contributed by atoms with Gasteiger partial charge in [-0.15, -0.1) is 10.2 Å². The molecule has 1 saturated heterocycles. The van der Waals surface area contributed by atoms with E-state index in [1.165, 1.54) is 23.9 Å². The normalized spacial score (nSPS) is 15.1. The number of sulfonamides is 1. The molecule has 0 amide bonds. The van der Waals surface area contributed by atoms with Gasteiger partial charge in [-0.2, -0.15) is 4.31 Å². The molecule has 0 unspecified atom stereocenters. The molecule has 15 heteroatoms. The molecule has 0 radical (unpaired) electrons. The summed E-state index contributed by atoms with van der Waals surface area (Å²) < 4.78 is 56.5. The second-order valence-electron chi connectivity index (χ2n) is 9.05. The van der Waals surface area contributed by atoms with Crippen LogP contribution in [0, 0.1) is 10.1 Å². The Labute approximate surface area is 231 Å². The largest absolute Gasteiger partial charge is 0.411 e. The highest BCUT2D eigenvalue weighted by molar-refractivity contribution is 7.99. The van der Waals surface area contributed by atoms with Crippen LogP contribution in [0.5, 0.6) is 0 Å². The number of anilines is 1. The Bertz CT molecular complexity index is 1520. The predicted octanol–water partition coefficient (Wildman–Crippen LogP) is 4.21. The molecule has 0 aliphatic carbocycles. The third-order valence-electron chi connectivity index (χ3n) is 6.17. The number of hydrogen-bond acceptors (Lipinski definition) is 11. The van der Waals surface area contributed by atoms with E-state index >= 15 is 0 Å². The number of aromatic nitrogens is 2. The Hall–Kier alpha value is -3.01. The second kappa shape index (κ2) is 12.4. The van der Waals surface area contributed by atoms with E-state index in [9.17, 15) is 26.9 Å². The van der Waals surface area contributed by atoms with Gasteiger partial charge in [-0.3, -0.25) is 10.1 Å². The Balaban J connectivity index is 1.30. The Kier molecular flexibility index (Phi) is 9.25. The number of hydrogen-bond donors (Lipinski definition) is 1. The molecule has 210 valence electrons. The average molecular weight is 596 g/mol. The highest BCUT2D eigenvalue weighted by atomic mass is 32.2. The number of nitro groups is 1. The lowest BCUT2D eigenvalue weighted by atomic mass is 10.2. The molecule has 0 atom stereocenters. The van der Waals surface area contributed by atoms with E-state index in [0.29, 0.717) is 42.6 Å². The van der Waals surface area contributed by atoms with Crippen LogP contribution < -0.4 is 5.32 Å². The standard InChI is InChI=1S/C24H29N5O7S3/c1-38(32,33)20-11-12-21(22(17-20)29(30)31)25-13-6-16-37-24-27-26-23(36-24)18-7-9-19(10-8-18)39(34,35)28-14-4-2-3-5-15-28/h7-12,17,25H,2-6,13-16H2,1H3. The first-order valence-electron chi connectivity index (χ1n) is 12.3. The van der Waals surface area contributed by atoms with Crippen molar-refractivity contribution < 1.29 is 26.2 Å². The number of rotatable bonds is 11. The smallest absolute Gasteiger partial charge is 0.293 e. The van der Waals surface area contributed by atoms with E-state index in [4.69, 9.17) is 4.42 Å². The lowest BCUT2D eigenvalue weighted by Crippen LogP contribution is -2.31. The van der Waals surface area contributed by atoms with Gasteiger partial charge in [0.2, 0.25) is 15.9 Å². The van der Waals surface area contributed by atoms with Crippen molar-refractivity contribution in [2.45, 2.75) is 47.1 Å². The van der Waals surface area contributed by atoms with Crippen LogP contribution >= 0.6 is 11.8 Å². The minimum Gasteiger partial charge on any atom is -0.411 e. The maximum atomic E-state index is 13.0. The number of thioether (sulfide) groups is 1. The van der Waals surface area contributed by atoms with Gasteiger partial charge in [0, 0.05) is 43.3 Å². The van der Waals surface area contributed by atoms with Crippen molar-refractivity contribution in [1.82, 2.24) is 14.5 Å². The summed E-state index contributed by atoms with van der Waals surface area (Å²) in [5, 5.41) is 22.7. The summed E-state index contributed by atoms with van der Waals surface area (Å²) in [6, 6.07) is 10.2. The number of benzene rings is 2. The van der Waals surface area contributed by atoms with Gasteiger partial charge in [0.05, 0.1) is 14.7 Å². The lowest BCUT2D eigenvalue weighted by Gasteiger charge is -2.19. The van der Waals surface area contributed by atoms with Gasteiger partial charge in [0.15, 0.2) is 9.84 Å². The first-order valence-corrected chi connectivity index (χ1v) is 16.7. The van der Waals surface area contributed by atoms with Crippen molar-refractivity contribution in [3.63, 3.8) is 0 Å². The molecule has 12 nitrogen and oxygen atoms in total. The van der Waals surface area contributed by atoms with E-state index < -0.39 is 24.8 Å². The molecule has 39 heavy (non-hydrogen) atoms. The molecule has 3 aromatic rings. The molecule has 0 spiro atoms. The monoisotopic (exact) mass is 595 g/mol. The van der Waals surface area contributed by atoms with Crippen molar-refractivity contribution in [3.8, 4) is 11.5 Å². The highest BCUT2D eigenvalue weighted by Gasteiger charge is 2.25. The SMILES string of the molecule is CS(=O)(=O)c1ccc(NCCCSc2nnc(-c3ccc(S(=O)(=O)N4CCCCCC4)cc3)o2)c([N+](=O)[O-])c1. The predicted molar refractivity (Wildman–Crippen MR) is 147 cm³/mol. The van der Waals surface area contributed by atoms with E-state index in [2.05, 4.69) is 15.5 Å². The fourth-order valence-electron chi connectivity index (χ4n) is 4.08. The molecule has 1 aromatic heterocycles. The summed E-state index contributed by atoms with van der Waals surface area (Å²) >= 11 is 1.32. The van der Waals surface area contributed by atoms with Crippen molar-refractivity contribution in [1.29, 1.82) is 0 Å². The quantitative estimate of drug-likeness (QED) is 0.146. The summed E-state index contributed by atoms with van der Waals surface area (Å²) in [4.78, 5) is 10.9. The molecule has 1 fully saturated rings. The summed E-state index contributed by atoms with van der Waals surface area (Å²) in [6.45, 7) is 1.48. The average Bonchev–Trinajstić information content (AvgIpc) is 3.19. The minimum absolute atomic E-state index is 0.115. The van der Waals surface area contributed by atoms with Gasteiger partial charge in [-0.25, -0.2) is 16.8 Å². The van der Waals surface area contributed by atoms with Crippen molar-refractivity contribution in [3.05, 3.63) is 52.6 Å². The van der Waals surface area contributed by atoms with Crippen LogP contribution in [-0.4, -0.2) is 67.9 Å². The van der Waals surface area contributed by atoms with Crippen LogP contribution in [0.25, 0.3) is 11.5 Å². The third kappa shape index (κ3) is 7.35. The fraction of sp³-hybridized carbons (Fsp3) is 0.417. The van der Waals surface area contributed by atoms with Crippen LogP contribution in [0.15, 0.2) is 61.9 Å². The Morgan fingerprint density at radius 1 is 1.00 bits per heavy atom. The fourth-order valence-corrected chi connectivity index (χ4v) is 6.94. The van der Waals surface area contributed by atoms with Gasteiger partial charge in [0.25, 0.3) is 10.9 Å². The Morgan fingerprint density at radius 3 is 2.31 bits per heavy atom. The minimum atomic E-state index is -3.56. The third-order valence-corrected chi connectivity index (χ3v) is 10.1. The molecular formula is C24H29N5O7S3. The van der Waals surface area contributed by atoms with Crippen LogP contribution in [-0.2, 0) is 19.9 Å². The van der Waals surface area contributed by atoms with Crippen LogP contribution in [0.1, 0.15) is 32.1 Å². The zero-order chi connectivity index (χ0) is 28.0. The van der Waals surface area contributed by atoms with Crippen molar-refractivity contribution in [2.75, 3.05) is 37.0 Å². The molecular weight excluding hydrogens is 566 g/mol. The van der Waals surface area contributed by atoms with E-state index in [-0.39, 0.29) is 27.1 Å². The maximum Gasteiger partial charge on any atom is 0.293 e. The number of sulfone groups is 1. The molecule has 1 N–H and O–H groups in total. The molecule has 4 rings (SSSR count). The van der Waals surface area contributed by atoms with Gasteiger partial charge in [-0.05, 0) is 55.7 Å². The summed E-state index contributed by atoms with van der Waals surface area (Å²) in [5.74, 6) is 0.854. The first-order chi connectivity index (χ1) is 18.6. The summed E-state index contributed by atoms with van der Waals surface area (Å²) in [6.07, 6.45) is 5.43.